The molecular formula is C16H17NO2S. The fourth-order valence-corrected chi connectivity index (χ4v) is 2.62. The maximum atomic E-state index is 5.71. The molecule has 0 radical (unpaired) electrons. The molecule has 3 nitrogen and oxygen atoms in total. The third-order valence-corrected chi connectivity index (χ3v) is 3.91. The minimum atomic E-state index is 0.492. The van der Waals surface area contributed by atoms with Crippen LogP contribution in [0.5, 0.6) is 5.75 Å². The normalized spacial score (nSPS) is 14.3. The van der Waals surface area contributed by atoms with Crippen LogP contribution in [0.4, 0.5) is 0 Å². The molecule has 1 aromatic carbocycles. The van der Waals surface area contributed by atoms with Crippen molar-refractivity contribution in [2.45, 2.75) is 32.6 Å². The van der Waals surface area contributed by atoms with E-state index in [0.717, 1.165) is 45.9 Å². The monoisotopic (exact) mass is 287 g/mol. The van der Waals surface area contributed by atoms with Crippen LogP contribution in [0.2, 0.25) is 0 Å². The van der Waals surface area contributed by atoms with Crippen LogP contribution >= 0.6 is 12.2 Å². The Kier molecular flexibility index (Phi) is 3.57. The number of aryl methyl sites for hydroxylation is 1. The zero-order valence-electron chi connectivity index (χ0n) is 11.7. The van der Waals surface area contributed by atoms with Crippen molar-refractivity contribution in [2.75, 3.05) is 6.61 Å². The molecule has 20 heavy (non-hydrogen) atoms. The highest BCUT2D eigenvalue weighted by atomic mass is 32.1. The number of nitrogens with zero attached hydrogens (tertiary/aromatic N) is 1. The van der Waals surface area contributed by atoms with Gasteiger partial charge in [0.2, 0.25) is 0 Å². The van der Waals surface area contributed by atoms with Gasteiger partial charge in [-0.05, 0) is 44.4 Å². The molecule has 1 heterocycles. The molecule has 0 amide bonds. The van der Waals surface area contributed by atoms with Crippen molar-refractivity contribution < 1.29 is 9.26 Å². The van der Waals surface area contributed by atoms with E-state index < -0.39 is 0 Å². The van der Waals surface area contributed by atoms with E-state index in [4.69, 9.17) is 21.5 Å². The van der Waals surface area contributed by atoms with E-state index >= 15 is 0 Å². The number of hydrogen-bond acceptors (Lipinski definition) is 4. The van der Waals surface area contributed by atoms with Crippen molar-refractivity contribution in [3.05, 3.63) is 46.8 Å². The predicted octanol–water partition coefficient (Wildman–Crippen LogP) is 4.03. The summed E-state index contributed by atoms with van der Waals surface area (Å²) < 4.78 is 11.1. The number of benzene rings is 1. The van der Waals surface area contributed by atoms with Gasteiger partial charge in [-0.2, -0.15) is 0 Å². The van der Waals surface area contributed by atoms with Crippen LogP contribution < -0.4 is 4.74 Å². The largest absolute Gasteiger partial charge is 0.493 e. The molecule has 1 fully saturated rings. The van der Waals surface area contributed by atoms with Gasteiger partial charge < -0.3 is 9.26 Å². The standard InChI is InChI=1S/C16H17NO2S/c1-3-18-14-8-10(2)4-7-12(14)16(20)13-9-17-19-15(13)11-5-6-11/h4,7-9,11H,3,5-6H2,1-2H3. The van der Waals surface area contributed by atoms with Gasteiger partial charge in [0.1, 0.15) is 11.5 Å². The summed E-state index contributed by atoms with van der Waals surface area (Å²) in [5.74, 6) is 2.25. The quantitative estimate of drug-likeness (QED) is 0.614. The Labute approximate surface area is 123 Å². The molecule has 1 saturated carbocycles. The molecular weight excluding hydrogens is 270 g/mol. The zero-order valence-corrected chi connectivity index (χ0v) is 12.5. The van der Waals surface area contributed by atoms with Crippen molar-refractivity contribution in [2.24, 2.45) is 0 Å². The Bertz CT molecular complexity index is 644. The molecule has 3 rings (SSSR count). The third kappa shape index (κ3) is 2.48. The number of thiocarbonyl (C=S) groups is 1. The Balaban J connectivity index is 1.99. The minimum Gasteiger partial charge on any atom is -0.493 e. The van der Waals surface area contributed by atoms with Crippen LogP contribution in [-0.4, -0.2) is 16.6 Å². The molecule has 0 atom stereocenters. The lowest BCUT2D eigenvalue weighted by Crippen LogP contribution is -2.05. The summed E-state index contributed by atoms with van der Waals surface area (Å²) in [5.41, 5.74) is 3.04. The van der Waals surface area contributed by atoms with Gasteiger partial charge in [0, 0.05) is 11.5 Å². The van der Waals surface area contributed by atoms with Gasteiger partial charge in [0.25, 0.3) is 0 Å². The first-order chi connectivity index (χ1) is 9.70. The molecule has 1 aliphatic rings. The van der Waals surface area contributed by atoms with Crippen molar-refractivity contribution in [3.8, 4) is 5.75 Å². The van der Waals surface area contributed by atoms with E-state index in [1.807, 2.05) is 26.0 Å². The van der Waals surface area contributed by atoms with Crippen LogP contribution in [0.25, 0.3) is 0 Å². The van der Waals surface area contributed by atoms with E-state index in [1.54, 1.807) is 6.20 Å². The average molecular weight is 287 g/mol. The number of aromatic nitrogens is 1. The van der Waals surface area contributed by atoms with Gasteiger partial charge in [0.05, 0.1) is 23.2 Å². The van der Waals surface area contributed by atoms with E-state index in [1.165, 1.54) is 0 Å². The molecule has 1 aliphatic carbocycles. The van der Waals surface area contributed by atoms with Gasteiger partial charge in [0.15, 0.2) is 0 Å². The lowest BCUT2D eigenvalue weighted by molar-refractivity contribution is 0.339. The first kappa shape index (κ1) is 13.3. The maximum Gasteiger partial charge on any atom is 0.148 e. The second-order valence-corrected chi connectivity index (χ2v) is 5.55. The van der Waals surface area contributed by atoms with E-state index in [2.05, 4.69) is 11.2 Å². The summed E-state index contributed by atoms with van der Waals surface area (Å²) in [7, 11) is 0. The van der Waals surface area contributed by atoms with Crippen molar-refractivity contribution in [1.82, 2.24) is 5.16 Å². The van der Waals surface area contributed by atoms with Crippen LogP contribution in [0.15, 0.2) is 28.9 Å². The fraction of sp³-hybridized carbons (Fsp3) is 0.375. The zero-order chi connectivity index (χ0) is 14.1. The first-order valence-corrected chi connectivity index (χ1v) is 7.34. The van der Waals surface area contributed by atoms with Crippen molar-refractivity contribution >= 4 is 17.1 Å². The Morgan fingerprint density at radius 1 is 1.40 bits per heavy atom. The lowest BCUT2D eigenvalue weighted by Gasteiger charge is -2.11. The summed E-state index contributed by atoms with van der Waals surface area (Å²) >= 11 is 5.64. The van der Waals surface area contributed by atoms with Gasteiger partial charge in [-0.15, -0.1) is 0 Å². The minimum absolute atomic E-state index is 0.492. The molecule has 0 bridgehead atoms. The molecule has 104 valence electrons. The number of ether oxygens (including phenoxy) is 1. The molecule has 4 heteroatoms. The second kappa shape index (κ2) is 5.37. The number of hydrogen-bond donors (Lipinski definition) is 0. The lowest BCUT2D eigenvalue weighted by atomic mass is 10.0. The predicted molar refractivity (Wildman–Crippen MR) is 81.6 cm³/mol. The van der Waals surface area contributed by atoms with Gasteiger partial charge in [-0.25, -0.2) is 0 Å². The topological polar surface area (TPSA) is 35.3 Å². The Morgan fingerprint density at radius 3 is 2.90 bits per heavy atom. The molecule has 0 aliphatic heterocycles. The van der Waals surface area contributed by atoms with E-state index in [0.29, 0.717) is 12.5 Å². The number of rotatable bonds is 5. The van der Waals surface area contributed by atoms with Crippen LogP contribution in [-0.2, 0) is 0 Å². The van der Waals surface area contributed by atoms with Crippen LogP contribution in [0.1, 0.15) is 48.1 Å². The summed E-state index contributed by atoms with van der Waals surface area (Å²) in [6, 6.07) is 6.09. The van der Waals surface area contributed by atoms with Crippen molar-refractivity contribution in [3.63, 3.8) is 0 Å². The molecule has 0 unspecified atom stereocenters. The average Bonchev–Trinajstić information content (AvgIpc) is 3.16. The van der Waals surface area contributed by atoms with Gasteiger partial charge in [-0.3, -0.25) is 0 Å². The fourth-order valence-electron chi connectivity index (χ4n) is 2.30. The maximum absolute atomic E-state index is 5.71. The SMILES string of the molecule is CCOc1cc(C)ccc1C(=S)c1cnoc1C1CC1. The van der Waals surface area contributed by atoms with Gasteiger partial charge in [-0.1, -0.05) is 23.4 Å². The van der Waals surface area contributed by atoms with Crippen molar-refractivity contribution in [1.29, 1.82) is 0 Å². The Hall–Kier alpha value is -1.68. The molecule has 1 aromatic heterocycles. The first-order valence-electron chi connectivity index (χ1n) is 6.93. The van der Waals surface area contributed by atoms with Crippen LogP contribution in [0, 0.1) is 6.92 Å². The molecule has 0 saturated heterocycles. The highest BCUT2D eigenvalue weighted by molar-refractivity contribution is 7.81. The third-order valence-electron chi connectivity index (χ3n) is 3.47. The highest BCUT2D eigenvalue weighted by Crippen LogP contribution is 2.42. The van der Waals surface area contributed by atoms with E-state index in [-0.39, 0.29) is 0 Å². The van der Waals surface area contributed by atoms with Crippen LogP contribution in [0.3, 0.4) is 0 Å². The van der Waals surface area contributed by atoms with E-state index in [9.17, 15) is 0 Å². The summed E-state index contributed by atoms with van der Waals surface area (Å²) in [5, 5.41) is 3.92. The summed E-state index contributed by atoms with van der Waals surface area (Å²) in [4.78, 5) is 0.761. The molecule has 0 N–H and O–H groups in total. The summed E-state index contributed by atoms with van der Waals surface area (Å²) in [6.45, 7) is 4.65. The summed E-state index contributed by atoms with van der Waals surface area (Å²) in [6.07, 6.45) is 4.06. The molecule has 2 aromatic rings. The highest BCUT2D eigenvalue weighted by Gasteiger charge is 2.32. The Morgan fingerprint density at radius 2 is 2.20 bits per heavy atom. The second-order valence-electron chi connectivity index (χ2n) is 5.14. The molecule has 0 spiro atoms. The smallest absolute Gasteiger partial charge is 0.148 e. The van der Waals surface area contributed by atoms with Gasteiger partial charge >= 0.3 is 0 Å².